The van der Waals surface area contributed by atoms with Crippen LogP contribution in [0.1, 0.15) is 19.8 Å². The van der Waals surface area contributed by atoms with Crippen LogP contribution in [0.5, 0.6) is 11.5 Å². The molecule has 1 aromatic rings. The van der Waals surface area contributed by atoms with Crippen molar-refractivity contribution < 1.29 is 14.3 Å². The summed E-state index contributed by atoms with van der Waals surface area (Å²) in [6.07, 6.45) is 1.56. The van der Waals surface area contributed by atoms with Crippen LogP contribution in [0.25, 0.3) is 0 Å². The van der Waals surface area contributed by atoms with E-state index < -0.39 is 6.04 Å². The quantitative estimate of drug-likeness (QED) is 0.849. The summed E-state index contributed by atoms with van der Waals surface area (Å²) in [4.78, 5) is 11.8. The molecule has 0 spiro atoms. The molecule has 0 radical (unpaired) electrons. The van der Waals surface area contributed by atoms with Crippen molar-refractivity contribution >= 4 is 11.6 Å². The zero-order valence-corrected chi connectivity index (χ0v) is 10.4. The van der Waals surface area contributed by atoms with Crippen LogP contribution in [0.3, 0.4) is 0 Å². The van der Waals surface area contributed by atoms with Gasteiger partial charge in [0.05, 0.1) is 6.04 Å². The number of ether oxygens (including phenoxy) is 2. The van der Waals surface area contributed by atoms with Crippen molar-refractivity contribution in [1.82, 2.24) is 0 Å². The number of rotatable bonds is 4. The lowest BCUT2D eigenvalue weighted by Crippen LogP contribution is -2.35. The molecule has 0 fully saturated rings. The second-order valence-corrected chi connectivity index (χ2v) is 4.24. The Bertz CT molecular complexity index is 434. The molecule has 5 nitrogen and oxygen atoms in total. The number of hydrogen-bond donors (Lipinski definition) is 2. The van der Waals surface area contributed by atoms with E-state index in [0.717, 1.165) is 6.42 Å². The lowest BCUT2D eigenvalue weighted by atomic mass is 10.1. The van der Waals surface area contributed by atoms with Crippen LogP contribution in [-0.4, -0.2) is 25.2 Å². The zero-order chi connectivity index (χ0) is 13.0. The van der Waals surface area contributed by atoms with E-state index in [1.807, 2.05) is 6.92 Å². The Morgan fingerprint density at radius 1 is 1.39 bits per heavy atom. The first-order valence-electron chi connectivity index (χ1n) is 6.17. The van der Waals surface area contributed by atoms with Gasteiger partial charge in [-0.25, -0.2) is 0 Å². The zero-order valence-electron chi connectivity index (χ0n) is 10.4. The third-order valence-corrected chi connectivity index (χ3v) is 2.75. The fourth-order valence-electron chi connectivity index (χ4n) is 1.80. The predicted octanol–water partition coefficient (Wildman–Crippen LogP) is 1.52. The summed E-state index contributed by atoms with van der Waals surface area (Å²) in [5.74, 6) is 1.19. The van der Waals surface area contributed by atoms with Crippen LogP contribution < -0.4 is 20.5 Å². The van der Waals surface area contributed by atoms with Crippen molar-refractivity contribution in [3.63, 3.8) is 0 Å². The van der Waals surface area contributed by atoms with Gasteiger partial charge in [-0.3, -0.25) is 4.79 Å². The van der Waals surface area contributed by atoms with Crippen LogP contribution in [0, 0.1) is 0 Å². The molecule has 5 heteroatoms. The highest BCUT2D eigenvalue weighted by atomic mass is 16.6. The van der Waals surface area contributed by atoms with Crippen molar-refractivity contribution in [3.8, 4) is 11.5 Å². The summed E-state index contributed by atoms with van der Waals surface area (Å²) in [6.45, 7) is 3.08. The van der Waals surface area contributed by atoms with E-state index in [-0.39, 0.29) is 5.91 Å². The van der Waals surface area contributed by atoms with E-state index in [4.69, 9.17) is 15.2 Å². The van der Waals surface area contributed by atoms with E-state index in [1.165, 1.54) is 0 Å². The summed E-state index contributed by atoms with van der Waals surface area (Å²) in [7, 11) is 0. The fourth-order valence-corrected chi connectivity index (χ4v) is 1.80. The molecule has 1 aliphatic rings. The molecule has 18 heavy (non-hydrogen) atoms. The highest BCUT2D eigenvalue weighted by Gasteiger charge is 2.15. The summed E-state index contributed by atoms with van der Waals surface area (Å²) in [6, 6.07) is 4.85. The molecule has 0 unspecified atom stereocenters. The molecular weight excluding hydrogens is 232 g/mol. The number of benzene rings is 1. The lowest BCUT2D eigenvalue weighted by molar-refractivity contribution is -0.117. The van der Waals surface area contributed by atoms with Gasteiger partial charge in [0.2, 0.25) is 5.91 Å². The first-order chi connectivity index (χ1) is 8.70. The maximum Gasteiger partial charge on any atom is 0.241 e. The number of anilines is 1. The molecular formula is C13H18N2O3. The number of hydrogen-bond acceptors (Lipinski definition) is 4. The summed E-state index contributed by atoms with van der Waals surface area (Å²) in [5, 5.41) is 2.78. The van der Waals surface area contributed by atoms with Gasteiger partial charge in [0, 0.05) is 11.8 Å². The molecule has 1 heterocycles. The van der Waals surface area contributed by atoms with E-state index in [1.54, 1.807) is 18.2 Å². The molecule has 1 aliphatic heterocycles. The van der Waals surface area contributed by atoms with E-state index in [9.17, 15) is 4.79 Å². The van der Waals surface area contributed by atoms with Gasteiger partial charge < -0.3 is 20.5 Å². The van der Waals surface area contributed by atoms with Crippen LogP contribution in [-0.2, 0) is 4.79 Å². The lowest BCUT2D eigenvalue weighted by Gasteiger charge is -2.19. The fraction of sp³-hybridized carbons (Fsp3) is 0.462. The van der Waals surface area contributed by atoms with Gasteiger partial charge in [-0.05, 0) is 18.6 Å². The van der Waals surface area contributed by atoms with Gasteiger partial charge in [-0.2, -0.15) is 0 Å². The Morgan fingerprint density at radius 3 is 2.83 bits per heavy atom. The summed E-state index contributed by atoms with van der Waals surface area (Å²) >= 11 is 0. The number of carbonyl (C=O) groups is 1. The first kappa shape index (κ1) is 12.7. The van der Waals surface area contributed by atoms with Crippen molar-refractivity contribution in [2.75, 3.05) is 18.5 Å². The minimum absolute atomic E-state index is 0.173. The molecule has 1 aromatic carbocycles. The topological polar surface area (TPSA) is 73.6 Å². The van der Waals surface area contributed by atoms with Crippen LogP contribution in [0.15, 0.2) is 18.2 Å². The minimum Gasteiger partial charge on any atom is -0.486 e. The van der Waals surface area contributed by atoms with Crippen molar-refractivity contribution in [1.29, 1.82) is 0 Å². The number of nitrogens with one attached hydrogen (secondary N) is 1. The molecule has 1 atom stereocenters. The van der Waals surface area contributed by atoms with E-state index >= 15 is 0 Å². The average Bonchev–Trinajstić information content (AvgIpc) is 2.39. The standard InChI is InChI=1S/C13H18N2O3/c1-2-3-10(14)13(16)15-9-4-5-11-12(8-9)18-7-6-17-11/h4-5,8,10H,2-3,6-7,14H2,1H3,(H,15,16)/t10-/m0/s1. The van der Waals surface area contributed by atoms with Crippen LogP contribution >= 0.6 is 0 Å². The molecule has 0 bridgehead atoms. The third-order valence-electron chi connectivity index (χ3n) is 2.75. The maximum atomic E-state index is 11.8. The number of nitrogens with two attached hydrogens (primary N) is 1. The van der Waals surface area contributed by atoms with Gasteiger partial charge in [0.1, 0.15) is 13.2 Å². The maximum absolute atomic E-state index is 11.8. The van der Waals surface area contributed by atoms with Crippen LogP contribution in [0.2, 0.25) is 0 Å². The van der Waals surface area contributed by atoms with E-state index in [2.05, 4.69) is 5.32 Å². The van der Waals surface area contributed by atoms with E-state index in [0.29, 0.717) is 36.8 Å². The van der Waals surface area contributed by atoms with Crippen molar-refractivity contribution in [3.05, 3.63) is 18.2 Å². The molecule has 3 N–H and O–H groups in total. The Kier molecular flexibility index (Phi) is 4.04. The molecule has 2 rings (SSSR count). The number of amides is 1. The van der Waals surface area contributed by atoms with Crippen molar-refractivity contribution in [2.45, 2.75) is 25.8 Å². The second kappa shape index (κ2) is 5.73. The minimum atomic E-state index is -0.469. The third kappa shape index (κ3) is 2.92. The normalized spacial score (nSPS) is 15.0. The summed E-state index contributed by atoms with van der Waals surface area (Å²) in [5.41, 5.74) is 6.42. The molecule has 0 aromatic heterocycles. The average molecular weight is 250 g/mol. The summed E-state index contributed by atoms with van der Waals surface area (Å²) < 4.78 is 10.9. The second-order valence-electron chi connectivity index (χ2n) is 4.24. The smallest absolute Gasteiger partial charge is 0.241 e. The van der Waals surface area contributed by atoms with Crippen LogP contribution in [0.4, 0.5) is 5.69 Å². The number of fused-ring (bicyclic) bond motifs is 1. The Labute approximate surface area is 106 Å². The van der Waals surface area contributed by atoms with Gasteiger partial charge in [-0.1, -0.05) is 13.3 Å². The van der Waals surface area contributed by atoms with Gasteiger partial charge in [0.25, 0.3) is 0 Å². The largest absolute Gasteiger partial charge is 0.486 e. The van der Waals surface area contributed by atoms with Gasteiger partial charge >= 0.3 is 0 Å². The highest BCUT2D eigenvalue weighted by Crippen LogP contribution is 2.32. The number of carbonyl (C=O) groups excluding carboxylic acids is 1. The SMILES string of the molecule is CCC[C@H](N)C(=O)Nc1ccc2c(c1)OCCO2. The molecule has 98 valence electrons. The van der Waals surface area contributed by atoms with Crippen molar-refractivity contribution in [2.24, 2.45) is 5.73 Å². The highest BCUT2D eigenvalue weighted by molar-refractivity contribution is 5.94. The van der Waals surface area contributed by atoms with Gasteiger partial charge in [-0.15, -0.1) is 0 Å². The Balaban J connectivity index is 2.03. The monoisotopic (exact) mass is 250 g/mol. The molecule has 0 saturated carbocycles. The Morgan fingerprint density at radius 2 is 2.11 bits per heavy atom. The Hall–Kier alpha value is -1.75. The molecule has 0 aliphatic carbocycles. The predicted molar refractivity (Wildman–Crippen MR) is 68.9 cm³/mol. The molecule has 0 saturated heterocycles. The first-order valence-corrected chi connectivity index (χ1v) is 6.17. The van der Waals surface area contributed by atoms with Gasteiger partial charge in [0.15, 0.2) is 11.5 Å². The molecule has 1 amide bonds.